The van der Waals surface area contributed by atoms with E-state index in [9.17, 15) is 9.59 Å². The molecule has 0 atom stereocenters. The molecule has 0 N–H and O–H groups in total. The summed E-state index contributed by atoms with van der Waals surface area (Å²) in [7, 11) is 0. The van der Waals surface area contributed by atoms with Gasteiger partial charge >= 0.3 is 5.69 Å². The van der Waals surface area contributed by atoms with E-state index in [4.69, 9.17) is 23.2 Å². The molecule has 164 valence electrons. The van der Waals surface area contributed by atoms with Crippen LogP contribution in [0, 0.1) is 0 Å². The van der Waals surface area contributed by atoms with E-state index >= 15 is 0 Å². The lowest BCUT2D eigenvalue weighted by atomic mass is 10.2. The third kappa shape index (κ3) is 4.11. The molecular weight excluding hydrogens is 459 g/mol. The van der Waals surface area contributed by atoms with E-state index in [0.29, 0.717) is 27.8 Å². The molecule has 33 heavy (non-hydrogen) atoms. The zero-order chi connectivity index (χ0) is 22.9. The van der Waals surface area contributed by atoms with Gasteiger partial charge in [0.25, 0.3) is 5.56 Å². The molecule has 5 aromatic rings. The lowest BCUT2D eigenvalue weighted by Crippen LogP contribution is -2.40. The Kier molecular flexibility index (Phi) is 5.62. The minimum atomic E-state index is -0.480. The fourth-order valence-electron chi connectivity index (χ4n) is 3.89. The summed E-state index contributed by atoms with van der Waals surface area (Å²) in [6.45, 7) is 0.517. The average Bonchev–Trinajstić information content (AvgIpc) is 3.21. The van der Waals surface area contributed by atoms with Crippen LogP contribution in [0.25, 0.3) is 16.9 Å². The first-order valence-corrected chi connectivity index (χ1v) is 11.0. The van der Waals surface area contributed by atoms with Crippen molar-refractivity contribution in [3.8, 4) is 5.69 Å². The molecule has 0 unspecified atom stereocenters. The van der Waals surface area contributed by atoms with Crippen LogP contribution in [0.1, 0.15) is 11.1 Å². The molecule has 0 saturated heterocycles. The van der Waals surface area contributed by atoms with E-state index in [1.54, 1.807) is 41.2 Å². The SMILES string of the molecule is O=c1c2c(ncn2Cc2cccc(Cl)c2)n(-c2cccc(Cl)c2)c(=O)n1Cc1ccccc1. The van der Waals surface area contributed by atoms with Crippen molar-refractivity contribution in [1.29, 1.82) is 0 Å². The summed E-state index contributed by atoms with van der Waals surface area (Å²) in [6, 6.07) is 23.7. The van der Waals surface area contributed by atoms with Crippen molar-refractivity contribution >= 4 is 34.4 Å². The Hall–Kier alpha value is -3.61. The molecular formula is C25H18Cl2N4O2. The zero-order valence-electron chi connectivity index (χ0n) is 17.4. The Bertz CT molecular complexity index is 1590. The summed E-state index contributed by atoms with van der Waals surface area (Å²) >= 11 is 12.3. The van der Waals surface area contributed by atoms with E-state index in [1.807, 2.05) is 48.5 Å². The van der Waals surface area contributed by atoms with Gasteiger partial charge < -0.3 is 4.57 Å². The summed E-state index contributed by atoms with van der Waals surface area (Å²) in [6.07, 6.45) is 1.57. The summed E-state index contributed by atoms with van der Waals surface area (Å²) in [4.78, 5) is 31.6. The van der Waals surface area contributed by atoms with Gasteiger partial charge in [-0.25, -0.2) is 14.3 Å². The summed E-state index contributed by atoms with van der Waals surface area (Å²) < 4.78 is 4.40. The van der Waals surface area contributed by atoms with Gasteiger partial charge in [0.15, 0.2) is 11.2 Å². The monoisotopic (exact) mass is 476 g/mol. The molecule has 2 aromatic heterocycles. The second-order valence-electron chi connectivity index (χ2n) is 7.65. The highest BCUT2D eigenvalue weighted by molar-refractivity contribution is 6.31. The molecule has 0 aliphatic carbocycles. The van der Waals surface area contributed by atoms with Crippen LogP contribution in [0.5, 0.6) is 0 Å². The van der Waals surface area contributed by atoms with Crippen LogP contribution in [0.15, 0.2) is 94.8 Å². The Morgan fingerprint density at radius 3 is 2.18 bits per heavy atom. The molecule has 0 saturated carbocycles. The molecule has 2 heterocycles. The number of hydrogen-bond donors (Lipinski definition) is 0. The van der Waals surface area contributed by atoms with Gasteiger partial charge in [0.05, 0.1) is 18.6 Å². The van der Waals surface area contributed by atoms with Crippen LogP contribution in [-0.2, 0) is 13.1 Å². The Morgan fingerprint density at radius 1 is 0.758 bits per heavy atom. The minimum Gasteiger partial charge on any atom is -0.320 e. The number of hydrogen-bond acceptors (Lipinski definition) is 3. The highest BCUT2D eigenvalue weighted by Crippen LogP contribution is 2.19. The van der Waals surface area contributed by atoms with Crippen LogP contribution < -0.4 is 11.2 Å². The predicted molar refractivity (Wildman–Crippen MR) is 131 cm³/mol. The number of nitrogens with zero attached hydrogens (tertiary/aromatic N) is 4. The number of aromatic nitrogens is 4. The molecule has 0 bridgehead atoms. The second-order valence-corrected chi connectivity index (χ2v) is 8.52. The van der Waals surface area contributed by atoms with E-state index in [0.717, 1.165) is 11.1 Å². The normalized spacial score (nSPS) is 11.2. The van der Waals surface area contributed by atoms with E-state index in [-0.39, 0.29) is 12.2 Å². The molecule has 0 amide bonds. The molecule has 0 aliphatic rings. The fraction of sp³-hybridized carbons (Fsp3) is 0.0800. The maximum absolute atomic E-state index is 13.6. The molecule has 0 aliphatic heterocycles. The largest absolute Gasteiger partial charge is 0.337 e. The number of fused-ring (bicyclic) bond motifs is 1. The maximum atomic E-state index is 13.6. The van der Waals surface area contributed by atoms with Crippen LogP contribution in [0.4, 0.5) is 0 Å². The Morgan fingerprint density at radius 2 is 1.45 bits per heavy atom. The van der Waals surface area contributed by atoms with Crippen molar-refractivity contribution in [2.75, 3.05) is 0 Å². The van der Waals surface area contributed by atoms with Gasteiger partial charge in [0, 0.05) is 16.6 Å². The van der Waals surface area contributed by atoms with Crippen LogP contribution in [0.2, 0.25) is 10.0 Å². The van der Waals surface area contributed by atoms with Crippen molar-refractivity contribution in [3.63, 3.8) is 0 Å². The number of imidazole rings is 1. The highest BCUT2D eigenvalue weighted by atomic mass is 35.5. The van der Waals surface area contributed by atoms with Gasteiger partial charge in [-0.05, 0) is 41.5 Å². The smallest absolute Gasteiger partial charge is 0.320 e. The molecule has 5 rings (SSSR count). The maximum Gasteiger partial charge on any atom is 0.337 e. The standard InChI is InChI=1S/C25H18Cl2N4O2/c26-19-9-4-8-18(12-19)14-29-16-28-23-22(29)24(32)30(15-17-6-2-1-3-7-17)25(33)31(23)21-11-5-10-20(27)13-21/h1-13,16H,14-15H2. The lowest BCUT2D eigenvalue weighted by molar-refractivity contribution is 0.677. The average molecular weight is 477 g/mol. The van der Waals surface area contributed by atoms with Crippen LogP contribution in [0.3, 0.4) is 0 Å². The summed E-state index contributed by atoms with van der Waals surface area (Å²) in [5.41, 5.74) is 2.01. The second kappa shape index (κ2) is 8.73. The molecule has 3 aromatic carbocycles. The van der Waals surface area contributed by atoms with E-state index in [1.165, 1.54) is 9.13 Å². The lowest BCUT2D eigenvalue weighted by Gasteiger charge is -2.13. The van der Waals surface area contributed by atoms with E-state index in [2.05, 4.69) is 4.98 Å². The van der Waals surface area contributed by atoms with E-state index < -0.39 is 11.2 Å². The van der Waals surface area contributed by atoms with Crippen molar-refractivity contribution in [3.05, 3.63) is 127 Å². The molecule has 0 fully saturated rings. The quantitative estimate of drug-likeness (QED) is 0.367. The summed E-state index contributed by atoms with van der Waals surface area (Å²) in [5, 5.41) is 1.08. The topological polar surface area (TPSA) is 61.8 Å². The van der Waals surface area contributed by atoms with Crippen molar-refractivity contribution in [1.82, 2.24) is 18.7 Å². The first kappa shape index (κ1) is 21.2. The fourth-order valence-corrected chi connectivity index (χ4v) is 4.28. The number of halogens is 2. The van der Waals surface area contributed by atoms with Gasteiger partial charge in [-0.3, -0.25) is 9.36 Å². The van der Waals surface area contributed by atoms with Gasteiger partial charge in [0.1, 0.15) is 0 Å². The Labute approximate surface area is 198 Å². The molecule has 0 spiro atoms. The molecule has 8 heteroatoms. The van der Waals surface area contributed by atoms with Crippen molar-refractivity contribution in [2.45, 2.75) is 13.1 Å². The third-order valence-electron chi connectivity index (χ3n) is 5.39. The van der Waals surface area contributed by atoms with Gasteiger partial charge in [-0.2, -0.15) is 0 Å². The van der Waals surface area contributed by atoms with Gasteiger partial charge in [-0.1, -0.05) is 71.7 Å². The number of benzene rings is 3. The van der Waals surface area contributed by atoms with Crippen molar-refractivity contribution in [2.24, 2.45) is 0 Å². The highest BCUT2D eigenvalue weighted by Gasteiger charge is 2.20. The van der Waals surface area contributed by atoms with Gasteiger partial charge in [-0.15, -0.1) is 0 Å². The zero-order valence-corrected chi connectivity index (χ0v) is 18.9. The first-order chi connectivity index (χ1) is 16.0. The van der Waals surface area contributed by atoms with Crippen molar-refractivity contribution < 1.29 is 0 Å². The number of rotatable bonds is 5. The van der Waals surface area contributed by atoms with Gasteiger partial charge in [0.2, 0.25) is 0 Å². The molecule has 6 nitrogen and oxygen atoms in total. The molecule has 0 radical (unpaired) electrons. The third-order valence-corrected chi connectivity index (χ3v) is 5.86. The Balaban J connectivity index is 1.77. The van der Waals surface area contributed by atoms with Crippen LogP contribution >= 0.6 is 23.2 Å². The predicted octanol–water partition coefficient (Wildman–Crippen LogP) is 4.75. The van der Waals surface area contributed by atoms with Crippen LogP contribution in [-0.4, -0.2) is 18.7 Å². The first-order valence-electron chi connectivity index (χ1n) is 10.3. The summed E-state index contributed by atoms with van der Waals surface area (Å²) in [5.74, 6) is 0. The minimum absolute atomic E-state index is 0.136.